The van der Waals surface area contributed by atoms with Crippen molar-refractivity contribution < 1.29 is 53.1 Å². The van der Waals surface area contributed by atoms with E-state index in [1.165, 1.54) is 24.3 Å². The summed E-state index contributed by atoms with van der Waals surface area (Å²) in [6.07, 6.45) is -4.61. The number of alkyl halides is 6. The first kappa shape index (κ1) is 34.8. The Kier molecular flexibility index (Phi) is 8.28. The van der Waals surface area contributed by atoms with E-state index in [0.29, 0.717) is 0 Å². The minimum absolute atomic E-state index is 0.215. The Morgan fingerprint density at radius 1 is 0.426 bits per heavy atom. The second-order valence-corrected chi connectivity index (χ2v) is 25.0. The zero-order valence-corrected chi connectivity index (χ0v) is 31.9. The third kappa shape index (κ3) is 5.48. The average molecular weight is 824 g/mol. The van der Waals surface area contributed by atoms with Crippen LogP contribution < -0.4 is 16.0 Å². The quantitative estimate of drug-likeness (QED) is 0.123. The standard InChI is InChI=1S/C30H22Si.2C7H5F3O.Zr/c1-3-15-27(16-4-1)31(28-17-5-2-6-18-28,29-19-23-11-7-8-12-24(23)20-29)30-21-25-13-9-10-14-26(25)22-30;2*8-7(9,10)5-1-3-6(11)4-2-5;/h1-22H;2*1-4,11H;/q;;;+2/p-2. The number of allylic oxidation sites excluding steroid dienone is 2. The van der Waals surface area contributed by atoms with Crippen molar-refractivity contribution in [3.8, 4) is 11.5 Å². The molecule has 1 heterocycles. The van der Waals surface area contributed by atoms with Crippen LogP contribution in [0, 0.1) is 0 Å². The normalized spacial score (nSPS) is 19.1. The van der Waals surface area contributed by atoms with Crippen LogP contribution in [-0.4, -0.2) is 8.07 Å². The molecule has 0 N–H and O–H groups in total. The molecule has 2 aliphatic carbocycles. The van der Waals surface area contributed by atoms with Crippen molar-refractivity contribution in [2.24, 2.45) is 0 Å². The molecule has 0 radical (unpaired) electrons. The Hall–Kier alpha value is -4.92. The van der Waals surface area contributed by atoms with Gasteiger partial charge in [-0.3, -0.25) is 0 Å². The van der Waals surface area contributed by atoms with Crippen molar-refractivity contribution in [1.82, 2.24) is 0 Å². The second kappa shape index (κ2) is 12.8. The molecule has 3 aliphatic rings. The van der Waals surface area contributed by atoms with Gasteiger partial charge in [0.2, 0.25) is 0 Å². The van der Waals surface area contributed by atoms with Crippen LogP contribution in [0.4, 0.5) is 26.3 Å². The fourth-order valence-corrected chi connectivity index (χ4v) is 30.2. The van der Waals surface area contributed by atoms with Crippen LogP contribution in [0.3, 0.4) is 0 Å². The molecule has 1 fully saturated rings. The van der Waals surface area contributed by atoms with Gasteiger partial charge in [0.25, 0.3) is 0 Å². The van der Waals surface area contributed by atoms with Crippen molar-refractivity contribution in [3.05, 3.63) is 201 Å². The maximum absolute atomic E-state index is 13.8. The van der Waals surface area contributed by atoms with Crippen LogP contribution in [0.25, 0.3) is 12.2 Å². The van der Waals surface area contributed by atoms with Crippen molar-refractivity contribution in [1.29, 1.82) is 0 Å². The summed E-state index contributed by atoms with van der Waals surface area (Å²) in [6.45, 7) is 0. The molecule has 0 bridgehead atoms. The van der Waals surface area contributed by atoms with Gasteiger partial charge in [-0.1, -0.05) is 0 Å². The van der Waals surface area contributed by atoms with E-state index in [1.54, 1.807) is 0 Å². The van der Waals surface area contributed by atoms with E-state index in [0.717, 1.165) is 67.3 Å². The summed E-state index contributed by atoms with van der Waals surface area (Å²) in [5.74, 6) is 0.429. The topological polar surface area (TPSA) is 18.5 Å². The Morgan fingerprint density at radius 3 is 1.15 bits per heavy atom. The number of hydrogen-bond donors (Lipinski definition) is 0. The Balaban J connectivity index is 1.37. The van der Waals surface area contributed by atoms with E-state index in [-0.39, 0.29) is 11.5 Å². The van der Waals surface area contributed by atoms with Gasteiger partial charge < -0.3 is 0 Å². The second-order valence-electron chi connectivity index (χ2n) is 13.8. The fourth-order valence-electron chi connectivity index (χ4n) is 8.76. The van der Waals surface area contributed by atoms with Crippen molar-refractivity contribution in [2.45, 2.75) is 19.6 Å². The monoisotopic (exact) mass is 822 g/mol. The predicted octanol–water partition coefficient (Wildman–Crippen LogP) is 10.8. The number of halogens is 6. The van der Waals surface area contributed by atoms with Gasteiger partial charge >= 0.3 is 316 Å². The first-order valence-corrected chi connectivity index (χ1v) is 24.3. The summed E-state index contributed by atoms with van der Waals surface area (Å²) >= 11 is -5.27. The van der Waals surface area contributed by atoms with Crippen LogP contribution in [0.2, 0.25) is 0 Å². The summed E-state index contributed by atoms with van der Waals surface area (Å²) < 4.78 is 96.7. The summed E-state index contributed by atoms with van der Waals surface area (Å²) in [7, 11) is -3.16. The molecule has 6 aromatic rings. The van der Waals surface area contributed by atoms with Gasteiger partial charge in [0.1, 0.15) is 0 Å². The van der Waals surface area contributed by atoms with E-state index in [2.05, 4.69) is 60.7 Å². The Bertz CT molecular complexity index is 2250. The zero-order chi connectivity index (χ0) is 37.3. The molecule has 2 atom stereocenters. The molecule has 2 unspecified atom stereocenters. The third-order valence-electron chi connectivity index (χ3n) is 10.9. The molecule has 1 saturated heterocycles. The molecule has 2 nitrogen and oxygen atoms in total. The van der Waals surface area contributed by atoms with Crippen molar-refractivity contribution in [3.63, 3.8) is 0 Å². The summed E-state index contributed by atoms with van der Waals surface area (Å²) in [5, 5.41) is 4.58. The molecule has 6 aromatic carbocycles. The van der Waals surface area contributed by atoms with Crippen molar-refractivity contribution >= 4 is 30.6 Å². The number of fused-ring (bicyclic) bond motifs is 6. The number of hydrogen-bond acceptors (Lipinski definition) is 2. The molecule has 9 rings (SSSR count). The Labute approximate surface area is 314 Å². The van der Waals surface area contributed by atoms with Crippen LogP contribution in [-0.2, 0) is 33.5 Å². The molecule has 268 valence electrons. The molecule has 1 aliphatic heterocycles. The van der Waals surface area contributed by atoms with Gasteiger partial charge in [-0.2, -0.15) is 0 Å². The van der Waals surface area contributed by atoms with Gasteiger partial charge in [0.15, 0.2) is 0 Å². The molecular weight excluding hydrogens is 794 g/mol. The van der Waals surface area contributed by atoms with Crippen molar-refractivity contribution in [2.75, 3.05) is 0 Å². The van der Waals surface area contributed by atoms with E-state index < -0.39 is 60.0 Å². The maximum atomic E-state index is 13.8. The molecule has 54 heavy (non-hydrogen) atoms. The number of rotatable bonds is 6. The van der Waals surface area contributed by atoms with Crippen LogP contribution in [0.1, 0.15) is 40.6 Å². The zero-order valence-electron chi connectivity index (χ0n) is 28.4. The summed E-state index contributed by atoms with van der Waals surface area (Å²) in [6, 6.07) is 46.3. The van der Waals surface area contributed by atoms with Gasteiger partial charge in [0.05, 0.1) is 0 Å². The third-order valence-corrected chi connectivity index (χ3v) is 27.0. The minimum atomic E-state index is -5.27. The van der Waals surface area contributed by atoms with Crippen LogP contribution >= 0.6 is 0 Å². The Morgan fingerprint density at radius 2 is 0.778 bits per heavy atom. The number of benzene rings is 6. The molecule has 0 aromatic heterocycles. The van der Waals surface area contributed by atoms with E-state index in [4.69, 9.17) is 5.63 Å². The molecule has 0 amide bonds. The molecular formula is C44H30F6O2SiZr. The van der Waals surface area contributed by atoms with Gasteiger partial charge in [-0.05, 0) is 0 Å². The average Bonchev–Trinajstić information content (AvgIpc) is 3.77. The molecule has 0 saturated carbocycles. The van der Waals surface area contributed by atoms with E-state index in [1.807, 2.05) is 60.7 Å². The molecule has 10 heteroatoms. The summed E-state index contributed by atoms with van der Waals surface area (Å²) in [5.41, 5.74) is 2.31. The van der Waals surface area contributed by atoms with E-state index in [9.17, 15) is 26.3 Å². The van der Waals surface area contributed by atoms with Crippen LogP contribution in [0.15, 0.2) is 168 Å². The predicted molar refractivity (Wildman–Crippen MR) is 196 cm³/mol. The van der Waals surface area contributed by atoms with E-state index >= 15 is 0 Å². The molecule has 0 spiro atoms. The first-order valence-electron chi connectivity index (χ1n) is 17.5. The van der Waals surface area contributed by atoms with Gasteiger partial charge in [0, 0.05) is 0 Å². The van der Waals surface area contributed by atoms with Gasteiger partial charge in [-0.15, -0.1) is 0 Å². The first-order chi connectivity index (χ1) is 26.0. The van der Waals surface area contributed by atoms with Crippen LogP contribution in [0.5, 0.6) is 11.5 Å². The SMILES string of the molecule is FC(F)(F)c1ccc([O][Zr]2([O]c3ccc(C(F)(F)F)cc3)[CH]3C(=Cc4ccccc43)[Si](c3ccccc3)(c3ccccc3)C3=Cc4ccccc4[CH]32)cc1. The summed E-state index contributed by atoms with van der Waals surface area (Å²) in [4.78, 5) is 0. The van der Waals surface area contributed by atoms with Gasteiger partial charge in [-0.25, -0.2) is 0 Å². The fraction of sp³-hybridized carbons (Fsp3) is 0.0909.